The second-order valence-corrected chi connectivity index (χ2v) is 10.4. The number of hydrogen-bond acceptors (Lipinski definition) is 11. The quantitative estimate of drug-likeness (QED) is 0.417. The van der Waals surface area contributed by atoms with E-state index in [-0.39, 0.29) is 11.6 Å². The van der Waals surface area contributed by atoms with Crippen molar-refractivity contribution in [2.45, 2.75) is 34.7 Å². The maximum absolute atomic E-state index is 12.8. The zero-order valence-electron chi connectivity index (χ0n) is 19.5. The van der Waals surface area contributed by atoms with Gasteiger partial charge in [-0.15, -0.1) is 22.9 Å². The van der Waals surface area contributed by atoms with E-state index in [0.717, 1.165) is 11.8 Å². The smallest absolute Gasteiger partial charge is 0.273 e. The summed E-state index contributed by atoms with van der Waals surface area (Å²) in [6.07, 6.45) is 5.72. The summed E-state index contributed by atoms with van der Waals surface area (Å²) in [5.41, 5.74) is 0.367. The third kappa shape index (κ3) is 5.25. The maximum atomic E-state index is 12.8. The lowest BCUT2D eigenvalue weighted by Gasteiger charge is -2.43. The Bertz CT molecular complexity index is 1280. The minimum Gasteiger partial charge on any atom is -0.394 e. The third-order valence-electron chi connectivity index (χ3n) is 5.48. The van der Waals surface area contributed by atoms with Crippen molar-refractivity contribution in [2.24, 2.45) is 0 Å². The van der Waals surface area contributed by atoms with Crippen LogP contribution in [0.5, 0.6) is 0 Å². The number of methoxy groups -OCH3 is 1. The van der Waals surface area contributed by atoms with Gasteiger partial charge in [-0.3, -0.25) is 4.79 Å². The molecule has 36 heavy (non-hydrogen) atoms. The van der Waals surface area contributed by atoms with Crippen LogP contribution in [-0.2, 0) is 9.47 Å². The Morgan fingerprint density at radius 1 is 1.47 bits per heavy atom. The first kappa shape index (κ1) is 26.5. The number of ether oxygens (including phenoxy) is 2. The van der Waals surface area contributed by atoms with Gasteiger partial charge in [-0.1, -0.05) is 34.5 Å². The Labute approximate surface area is 220 Å². The van der Waals surface area contributed by atoms with Crippen molar-refractivity contribution in [2.75, 3.05) is 27.8 Å². The van der Waals surface area contributed by atoms with Crippen LogP contribution in [0, 0.1) is 12.3 Å². The van der Waals surface area contributed by atoms with Crippen LogP contribution in [0.3, 0.4) is 0 Å². The summed E-state index contributed by atoms with van der Waals surface area (Å²) < 4.78 is 13.2. The van der Waals surface area contributed by atoms with Crippen molar-refractivity contribution in [3.05, 3.63) is 40.3 Å². The minimum absolute atomic E-state index is 0.189. The lowest BCUT2D eigenvalue weighted by molar-refractivity contribution is -0.186. The number of amides is 1. The van der Waals surface area contributed by atoms with Crippen molar-refractivity contribution >= 4 is 40.6 Å². The van der Waals surface area contributed by atoms with Gasteiger partial charge in [0.1, 0.15) is 51.3 Å². The summed E-state index contributed by atoms with van der Waals surface area (Å²) in [4.78, 5) is 23.1. The van der Waals surface area contributed by atoms with Gasteiger partial charge in [0.25, 0.3) is 5.91 Å². The van der Waals surface area contributed by atoms with E-state index in [4.69, 9.17) is 27.5 Å². The van der Waals surface area contributed by atoms with Crippen molar-refractivity contribution in [1.82, 2.24) is 29.9 Å². The highest BCUT2D eigenvalue weighted by Crippen LogP contribution is 2.40. The van der Waals surface area contributed by atoms with E-state index in [1.165, 1.54) is 34.2 Å². The zero-order chi connectivity index (χ0) is 26.0. The molecule has 4 rings (SSSR count). The summed E-state index contributed by atoms with van der Waals surface area (Å²) in [6.45, 7) is -0.457. The molecule has 0 saturated carbocycles. The molecule has 0 aromatic carbocycles. The summed E-state index contributed by atoms with van der Waals surface area (Å²) in [7, 11) is 4.71. The molecule has 4 heterocycles. The number of aliphatic hydroxyl groups is 2. The molecule has 1 aliphatic rings. The highest BCUT2D eigenvalue weighted by molar-refractivity contribution is 8.00. The molecular weight excluding hydrogens is 528 g/mol. The van der Waals surface area contributed by atoms with E-state index in [2.05, 4.69) is 26.2 Å². The van der Waals surface area contributed by atoms with E-state index in [0.29, 0.717) is 26.3 Å². The molecule has 2 N–H and O–H groups in total. The van der Waals surface area contributed by atoms with Crippen molar-refractivity contribution in [3.8, 4) is 23.0 Å². The number of thiazole rings is 1. The van der Waals surface area contributed by atoms with Gasteiger partial charge in [-0.05, 0) is 6.07 Å². The molecule has 0 bridgehead atoms. The normalized spacial score (nSPS) is 23.9. The molecule has 5 atom stereocenters. The number of pyridine rings is 1. The highest BCUT2D eigenvalue weighted by Gasteiger charge is 2.48. The number of halogens is 1. The average molecular weight is 551 g/mol. The lowest BCUT2D eigenvalue weighted by Crippen LogP contribution is -2.55. The Hall–Kier alpha value is -2.57. The van der Waals surface area contributed by atoms with E-state index < -0.39 is 36.4 Å². The van der Waals surface area contributed by atoms with Gasteiger partial charge in [0, 0.05) is 43.2 Å². The molecule has 1 fully saturated rings. The second-order valence-electron chi connectivity index (χ2n) is 8.00. The molecule has 1 aliphatic heterocycles. The molecule has 0 radical (unpaired) electrons. The number of carbonyl (C=O) groups excluding carboxylic acids is 1. The minimum atomic E-state index is -1.18. The molecule has 14 heteroatoms. The van der Waals surface area contributed by atoms with Gasteiger partial charge in [0.05, 0.1) is 12.8 Å². The fourth-order valence-electron chi connectivity index (χ4n) is 3.71. The molecule has 1 amide bonds. The van der Waals surface area contributed by atoms with Gasteiger partial charge >= 0.3 is 0 Å². The zero-order valence-corrected chi connectivity index (χ0v) is 21.9. The van der Waals surface area contributed by atoms with Gasteiger partial charge in [-0.25, -0.2) is 14.6 Å². The number of hydrogen-bond donors (Lipinski definition) is 2. The molecule has 0 spiro atoms. The monoisotopic (exact) mass is 550 g/mol. The molecular formula is C22H23ClN6O5S2. The van der Waals surface area contributed by atoms with Gasteiger partial charge in [0.15, 0.2) is 0 Å². The Kier molecular flexibility index (Phi) is 8.26. The van der Waals surface area contributed by atoms with Crippen LogP contribution in [-0.4, -0.2) is 97.5 Å². The van der Waals surface area contributed by atoms with Gasteiger partial charge in [0.2, 0.25) is 0 Å². The molecule has 3 aromatic heterocycles. The van der Waals surface area contributed by atoms with Gasteiger partial charge < -0.3 is 24.6 Å². The predicted molar refractivity (Wildman–Crippen MR) is 134 cm³/mol. The van der Waals surface area contributed by atoms with Crippen LogP contribution < -0.4 is 0 Å². The van der Waals surface area contributed by atoms with Crippen LogP contribution >= 0.6 is 34.7 Å². The van der Waals surface area contributed by atoms with Gasteiger partial charge in [-0.2, -0.15) is 0 Å². The second kappa shape index (κ2) is 11.2. The standard InChI is InChI=1S/C22H23ClN6O5S2/c1-5-11-6-14(16(24-7-11)21(32)28(2)3)36-22-19(33-4)17(18(31)13(9-30)34-22)29-8-12(26-27-29)20-25-15(23)10-35-20/h1,6-8,10,13,17-19,22,30-31H,9H2,2-4H3/t13?,17?,18-,19-,22+/m0/s1. The van der Waals surface area contributed by atoms with Crippen LogP contribution in [0.15, 0.2) is 28.7 Å². The predicted octanol–water partition coefficient (Wildman–Crippen LogP) is 1.56. The van der Waals surface area contributed by atoms with E-state index in [1.54, 1.807) is 31.7 Å². The third-order valence-corrected chi connectivity index (χ3v) is 7.84. The number of terminal acetylenes is 1. The Balaban J connectivity index is 1.70. The van der Waals surface area contributed by atoms with Crippen LogP contribution in [0.4, 0.5) is 0 Å². The SMILES string of the molecule is C#Cc1cnc(C(=O)N(C)C)c(S[C@H]2OC(CO)[C@H](O)C(n3cc(-c4nc(Cl)cs4)nn3)[C@@H]2OC)c1. The van der Waals surface area contributed by atoms with E-state index in [1.807, 2.05) is 0 Å². The maximum Gasteiger partial charge on any atom is 0.273 e. The first-order chi connectivity index (χ1) is 17.3. The molecule has 11 nitrogen and oxygen atoms in total. The largest absolute Gasteiger partial charge is 0.394 e. The van der Waals surface area contributed by atoms with Crippen molar-refractivity contribution < 1.29 is 24.5 Å². The molecule has 0 aliphatic carbocycles. The number of nitrogens with zero attached hydrogens (tertiary/aromatic N) is 6. The number of rotatable bonds is 7. The fraction of sp³-hybridized carbons (Fsp3) is 0.409. The van der Waals surface area contributed by atoms with Crippen molar-refractivity contribution in [1.29, 1.82) is 0 Å². The van der Waals surface area contributed by atoms with E-state index >= 15 is 0 Å². The number of carbonyl (C=O) groups is 1. The van der Waals surface area contributed by atoms with Crippen LogP contribution in [0.25, 0.3) is 10.7 Å². The summed E-state index contributed by atoms with van der Waals surface area (Å²) >= 11 is 8.41. The summed E-state index contributed by atoms with van der Waals surface area (Å²) in [5, 5.41) is 31.9. The highest BCUT2D eigenvalue weighted by atomic mass is 35.5. The van der Waals surface area contributed by atoms with Crippen molar-refractivity contribution in [3.63, 3.8) is 0 Å². The van der Waals surface area contributed by atoms with E-state index in [9.17, 15) is 15.0 Å². The molecule has 1 saturated heterocycles. The Morgan fingerprint density at radius 3 is 2.86 bits per heavy atom. The topological polar surface area (TPSA) is 136 Å². The lowest BCUT2D eigenvalue weighted by atomic mass is 9.97. The fourth-order valence-corrected chi connectivity index (χ4v) is 5.91. The summed E-state index contributed by atoms with van der Waals surface area (Å²) in [5.74, 6) is 2.20. The first-order valence-electron chi connectivity index (χ1n) is 10.6. The molecule has 190 valence electrons. The number of thioether (sulfide) groups is 1. The average Bonchev–Trinajstić information content (AvgIpc) is 3.53. The first-order valence-corrected chi connectivity index (χ1v) is 12.8. The van der Waals surface area contributed by atoms with Crippen LogP contribution in [0.2, 0.25) is 5.15 Å². The van der Waals surface area contributed by atoms with Crippen LogP contribution in [0.1, 0.15) is 22.1 Å². The molecule has 3 aromatic rings. The Morgan fingerprint density at radius 2 is 2.25 bits per heavy atom. The number of aromatic nitrogens is 5. The summed E-state index contributed by atoms with van der Waals surface area (Å²) in [6, 6.07) is 0.880. The number of aliphatic hydroxyl groups excluding tert-OH is 2. The molecule has 2 unspecified atom stereocenters.